The molecule has 0 amide bonds. The smallest absolute Gasteiger partial charge is 0.160 e. The maximum absolute atomic E-state index is 9.38. The van der Waals surface area contributed by atoms with Gasteiger partial charge in [0.1, 0.15) is 0 Å². The van der Waals surface area contributed by atoms with E-state index in [0.29, 0.717) is 16.7 Å². The molecule has 0 aliphatic carbocycles. The van der Waals surface area contributed by atoms with Crippen molar-refractivity contribution in [3.8, 4) is 0 Å². The number of rotatable bonds is 3. The molecule has 0 aliphatic heterocycles. The van der Waals surface area contributed by atoms with E-state index in [4.69, 9.17) is 10.4 Å². The van der Waals surface area contributed by atoms with Crippen LogP contribution in [0, 0.1) is 0 Å². The Morgan fingerprint density at radius 1 is 1.35 bits per heavy atom. The molecule has 0 fully saturated rings. The van der Waals surface area contributed by atoms with Crippen molar-refractivity contribution in [3.05, 3.63) is 12.1 Å². The second-order valence-corrected chi connectivity index (χ2v) is 4.66. The summed E-state index contributed by atoms with van der Waals surface area (Å²) in [5.74, 6) is 0. The van der Waals surface area contributed by atoms with Crippen LogP contribution in [0.4, 0.5) is 11.4 Å². The van der Waals surface area contributed by atoms with E-state index in [1.54, 1.807) is 6.07 Å². The van der Waals surface area contributed by atoms with E-state index < -0.39 is 5.54 Å². The Hall–Kier alpha value is -1.82. The SMILES string of the molecule is CN(c1ccc(N)c2nonc12)C(C)(C)CO. The zero-order valence-corrected chi connectivity index (χ0v) is 10.1. The van der Waals surface area contributed by atoms with Crippen LogP contribution in [0.5, 0.6) is 0 Å². The minimum atomic E-state index is -0.401. The fourth-order valence-electron chi connectivity index (χ4n) is 1.58. The number of aromatic nitrogens is 2. The molecular formula is C11H16N4O2. The Morgan fingerprint density at radius 3 is 2.65 bits per heavy atom. The summed E-state index contributed by atoms with van der Waals surface area (Å²) in [4.78, 5) is 1.93. The molecule has 0 atom stereocenters. The van der Waals surface area contributed by atoms with Gasteiger partial charge in [0.15, 0.2) is 11.0 Å². The lowest BCUT2D eigenvalue weighted by atomic mass is 10.0. The summed E-state index contributed by atoms with van der Waals surface area (Å²) in [5.41, 5.74) is 7.89. The number of benzene rings is 1. The number of nitrogens with zero attached hydrogens (tertiary/aromatic N) is 3. The van der Waals surface area contributed by atoms with E-state index in [0.717, 1.165) is 5.69 Å². The van der Waals surface area contributed by atoms with Crippen molar-refractivity contribution in [1.29, 1.82) is 0 Å². The van der Waals surface area contributed by atoms with Gasteiger partial charge in [0.2, 0.25) is 0 Å². The second kappa shape index (κ2) is 3.89. The van der Waals surface area contributed by atoms with Crippen LogP contribution in [-0.2, 0) is 0 Å². The van der Waals surface area contributed by atoms with Crippen LogP contribution in [0.3, 0.4) is 0 Å². The van der Waals surface area contributed by atoms with E-state index in [2.05, 4.69) is 10.3 Å². The number of aliphatic hydroxyl groups is 1. The van der Waals surface area contributed by atoms with E-state index in [1.165, 1.54) is 0 Å². The highest BCUT2D eigenvalue weighted by Gasteiger charge is 2.25. The Balaban J connectivity index is 2.56. The standard InChI is InChI=1S/C11H16N4O2/c1-11(2,6-16)15(3)8-5-4-7(12)9-10(8)14-17-13-9/h4-5,16H,6,12H2,1-3H3. The summed E-state index contributed by atoms with van der Waals surface area (Å²) in [6.07, 6.45) is 0. The number of likely N-dealkylation sites (N-methyl/N-ethyl adjacent to an activating group) is 1. The van der Waals surface area contributed by atoms with Gasteiger partial charge >= 0.3 is 0 Å². The van der Waals surface area contributed by atoms with Gasteiger partial charge in [0.25, 0.3) is 0 Å². The van der Waals surface area contributed by atoms with Crippen LogP contribution >= 0.6 is 0 Å². The number of fused-ring (bicyclic) bond motifs is 1. The molecule has 1 aromatic heterocycles. The molecule has 2 rings (SSSR count). The highest BCUT2D eigenvalue weighted by atomic mass is 16.6. The van der Waals surface area contributed by atoms with Crippen molar-refractivity contribution in [2.24, 2.45) is 0 Å². The molecule has 0 saturated carbocycles. The predicted octanol–water partition coefficient (Wildman–Crippen LogP) is 1.01. The topological polar surface area (TPSA) is 88.4 Å². The summed E-state index contributed by atoms with van der Waals surface area (Å²) >= 11 is 0. The quantitative estimate of drug-likeness (QED) is 0.773. The monoisotopic (exact) mass is 236 g/mol. The van der Waals surface area contributed by atoms with Crippen LogP contribution < -0.4 is 10.6 Å². The lowest BCUT2D eigenvalue weighted by Gasteiger charge is -2.35. The van der Waals surface area contributed by atoms with Crippen LogP contribution in [0.1, 0.15) is 13.8 Å². The van der Waals surface area contributed by atoms with E-state index in [-0.39, 0.29) is 6.61 Å². The van der Waals surface area contributed by atoms with Gasteiger partial charge in [-0.2, -0.15) is 0 Å². The molecule has 0 saturated heterocycles. The van der Waals surface area contributed by atoms with Crippen molar-refractivity contribution < 1.29 is 9.74 Å². The fourth-order valence-corrected chi connectivity index (χ4v) is 1.58. The summed E-state index contributed by atoms with van der Waals surface area (Å²) in [6.45, 7) is 3.89. The molecule has 92 valence electrons. The number of nitrogens with two attached hydrogens (primary N) is 1. The molecule has 0 bridgehead atoms. The minimum absolute atomic E-state index is 0.0284. The highest BCUT2D eigenvalue weighted by Crippen LogP contribution is 2.31. The van der Waals surface area contributed by atoms with Gasteiger partial charge in [0, 0.05) is 7.05 Å². The molecule has 0 unspecified atom stereocenters. The van der Waals surface area contributed by atoms with Crippen molar-refractivity contribution in [2.45, 2.75) is 19.4 Å². The van der Waals surface area contributed by atoms with Gasteiger partial charge in [-0.05, 0) is 36.3 Å². The lowest BCUT2D eigenvalue weighted by molar-refractivity contribution is 0.216. The van der Waals surface area contributed by atoms with E-state index in [1.807, 2.05) is 31.9 Å². The summed E-state index contributed by atoms with van der Waals surface area (Å²) in [5, 5.41) is 17.0. The second-order valence-electron chi connectivity index (χ2n) is 4.66. The summed E-state index contributed by atoms with van der Waals surface area (Å²) in [7, 11) is 1.88. The number of hydrogen-bond acceptors (Lipinski definition) is 6. The molecule has 6 nitrogen and oxygen atoms in total. The van der Waals surface area contributed by atoms with Gasteiger partial charge in [0.05, 0.1) is 23.5 Å². The Morgan fingerprint density at radius 2 is 2.00 bits per heavy atom. The maximum atomic E-state index is 9.38. The fraction of sp³-hybridized carbons (Fsp3) is 0.455. The summed E-state index contributed by atoms with van der Waals surface area (Å²) < 4.78 is 4.71. The molecule has 0 spiro atoms. The third-order valence-electron chi connectivity index (χ3n) is 3.08. The molecule has 6 heteroatoms. The Bertz CT molecular complexity index is 535. The molecule has 2 aromatic rings. The first kappa shape index (κ1) is 11.7. The first-order valence-electron chi connectivity index (χ1n) is 5.33. The van der Waals surface area contributed by atoms with Crippen molar-refractivity contribution in [1.82, 2.24) is 10.3 Å². The van der Waals surface area contributed by atoms with E-state index >= 15 is 0 Å². The molecule has 17 heavy (non-hydrogen) atoms. The minimum Gasteiger partial charge on any atom is -0.397 e. The Labute approximate surface area is 99.0 Å². The molecule has 0 radical (unpaired) electrons. The molecule has 1 heterocycles. The highest BCUT2D eigenvalue weighted by molar-refractivity contribution is 5.95. The molecule has 0 aliphatic rings. The Kier molecular flexibility index (Phi) is 2.66. The van der Waals surface area contributed by atoms with Crippen LogP contribution in [0.2, 0.25) is 0 Å². The number of hydrogen-bond donors (Lipinski definition) is 2. The first-order chi connectivity index (χ1) is 7.97. The van der Waals surface area contributed by atoms with Gasteiger partial charge in [-0.3, -0.25) is 0 Å². The van der Waals surface area contributed by atoms with Crippen LogP contribution in [-0.4, -0.2) is 34.6 Å². The van der Waals surface area contributed by atoms with Gasteiger partial charge in [-0.1, -0.05) is 0 Å². The normalized spacial score (nSPS) is 12.0. The van der Waals surface area contributed by atoms with Crippen molar-refractivity contribution in [2.75, 3.05) is 24.3 Å². The van der Waals surface area contributed by atoms with E-state index in [9.17, 15) is 5.11 Å². The summed E-state index contributed by atoms with van der Waals surface area (Å²) in [6, 6.07) is 3.60. The average Bonchev–Trinajstić information content (AvgIpc) is 2.78. The zero-order chi connectivity index (χ0) is 12.6. The van der Waals surface area contributed by atoms with Gasteiger partial charge < -0.3 is 15.7 Å². The number of aliphatic hydroxyl groups excluding tert-OH is 1. The first-order valence-corrected chi connectivity index (χ1v) is 5.33. The van der Waals surface area contributed by atoms with Gasteiger partial charge in [-0.25, -0.2) is 4.63 Å². The third kappa shape index (κ3) is 1.80. The zero-order valence-electron chi connectivity index (χ0n) is 10.1. The molecule has 1 aromatic carbocycles. The van der Waals surface area contributed by atoms with Crippen molar-refractivity contribution in [3.63, 3.8) is 0 Å². The number of anilines is 2. The molecule has 3 N–H and O–H groups in total. The molecular weight excluding hydrogens is 220 g/mol. The van der Waals surface area contributed by atoms with Gasteiger partial charge in [-0.15, -0.1) is 0 Å². The van der Waals surface area contributed by atoms with Crippen LogP contribution in [0.25, 0.3) is 11.0 Å². The average molecular weight is 236 g/mol. The van der Waals surface area contributed by atoms with Crippen LogP contribution in [0.15, 0.2) is 16.8 Å². The van der Waals surface area contributed by atoms with Crippen molar-refractivity contribution >= 4 is 22.4 Å². The predicted molar refractivity (Wildman–Crippen MR) is 65.8 cm³/mol. The third-order valence-corrected chi connectivity index (χ3v) is 3.08. The number of nitrogen functional groups attached to an aromatic ring is 1. The maximum Gasteiger partial charge on any atom is 0.160 e. The lowest BCUT2D eigenvalue weighted by Crippen LogP contribution is -2.44. The largest absolute Gasteiger partial charge is 0.397 e.